The van der Waals surface area contributed by atoms with Gasteiger partial charge in [0.2, 0.25) is 11.8 Å². The molecule has 2 amide bonds. The molecular weight excluding hydrogens is 586 g/mol. The molecule has 4 aromatic rings. The van der Waals surface area contributed by atoms with Gasteiger partial charge < -0.3 is 15.0 Å². The summed E-state index contributed by atoms with van der Waals surface area (Å²) in [6.07, 6.45) is 0.235. The second kappa shape index (κ2) is 14.7. The van der Waals surface area contributed by atoms with Crippen molar-refractivity contribution in [1.29, 1.82) is 0 Å². The fraction of sp³-hybridized carbons (Fsp3) is 0.212. The zero-order valence-corrected chi connectivity index (χ0v) is 25.6. The number of benzene rings is 4. The fourth-order valence-corrected chi connectivity index (χ4v) is 6.24. The van der Waals surface area contributed by atoms with Crippen LogP contribution in [0.2, 0.25) is 5.02 Å². The molecule has 43 heavy (non-hydrogen) atoms. The molecule has 224 valence electrons. The maximum atomic E-state index is 14.4. The molecule has 0 bridgehead atoms. The van der Waals surface area contributed by atoms with Gasteiger partial charge >= 0.3 is 0 Å². The monoisotopic (exact) mass is 619 g/mol. The molecule has 0 aromatic heterocycles. The number of hydrogen-bond donors (Lipinski definition) is 1. The Morgan fingerprint density at radius 2 is 1.42 bits per heavy atom. The summed E-state index contributed by atoms with van der Waals surface area (Å²) in [7, 11) is -2.76. The van der Waals surface area contributed by atoms with Gasteiger partial charge in [-0.3, -0.25) is 13.9 Å². The van der Waals surface area contributed by atoms with Gasteiger partial charge in [-0.15, -0.1) is 0 Å². The van der Waals surface area contributed by atoms with Crippen molar-refractivity contribution in [1.82, 2.24) is 10.2 Å². The van der Waals surface area contributed by atoms with Crippen LogP contribution in [-0.2, 0) is 32.6 Å². The van der Waals surface area contributed by atoms with Gasteiger partial charge in [-0.05, 0) is 54.4 Å². The SMILES string of the molecule is CCOc1ccccc1N(CC(=O)N(Cc1ccccc1)C(Cc1ccccc1)C(=O)NC)S(=O)(=O)c1ccc(Cl)cc1. The highest BCUT2D eigenvalue weighted by Gasteiger charge is 2.35. The van der Waals surface area contributed by atoms with Gasteiger partial charge in [0.25, 0.3) is 10.0 Å². The van der Waals surface area contributed by atoms with Crippen molar-refractivity contribution in [3.63, 3.8) is 0 Å². The van der Waals surface area contributed by atoms with E-state index in [1.54, 1.807) is 31.2 Å². The number of halogens is 1. The smallest absolute Gasteiger partial charge is 0.264 e. The number of anilines is 1. The van der Waals surface area contributed by atoms with Crippen LogP contribution in [0.15, 0.2) is 114 Å². The minimum atomic E-state index is -4.28. The Morgan fingerprint density at radius 3 is 2.02 bits per heavy atom. The molecule has 1 unspecified atom stereocenters. The first kappa shape index (κ1) is 31.6. The molecule has 0 fully saturated rings. The quantitative estimate of drug-likeness (QED) is 0.219. The van der Waals surface area contributed by atoms with Crippen LogP contribution in [0.25, 0.3) is 0 Å². The largest absolute Gasteiger partial charge is 0.492 e. The van der Waals surface area contributed by atoms with E-state index in [2.05, 4.69) is 5.32 Å². The van der Waals surface area contributed by atoms with Crippen LogP contribution in [0.3, 0.4) is 0 Å². The third kappa shape index (κ3) is 7.94. The van der Waals surface area contributed by atoms with E-state index in [4.69, 9.17) is 16.3 Å². The Kier molecular flexibility index (Phi) is 10.8. The van der Waals surface area contributed by atoms with E-state index < -0.39 is 28.5 Å². The Labute approximate surface area is 257 Å². The number of hydrogen-bond acceptors (Lipinski definition) is 5. The predicted octanol–water partition coefficient (Wildman–Crippen LogP) is 5.32. The second-order valence-electron chi connectivity index (χ2n) is 9.69. The van der Waals surface area contributed by atoms with Crippen molar-refractivity contribution in [3.8, 4) is 5.75 Å². The first-order valence-corrected chi connectivity index (χ1v) is 15.7. The van der Waals surface area contributed by atoms with Crippen LogP contribution < -0.4 is 14.4 Å². The van der Waals surface area contributed by atoms with Crippen molar-refractivity contribution >= 4 is 39.1 Å². The van der Waals surface area contributed by atoms with Gasteiger partial charge in [-0.2, -0.15) is 0 Å². The number of ether oxygens (including phenoxy) is 1. The van der Waals surface area contributed by atoms with Crippen molar-refractivity contribution in [2.45, 2.75) is 30.8 Å². The number of carbonyl (C=O) groups excluding carboxylic acids is 2. The number of likely N-dealkylation sites (N-methyl/N-ethyl adjacent to an activating group) is 1. The van der Waals surface area contributed by atoms with E-state index in [0.717, 1.165) is 15.4 Å². The Balaban J connectivity index is 1.81. The lowest BCUT2D eigenvalue weighted by Gasteiger charge is -2.34. The molecule has 0 radical (unpaired) electrons. The number of nitrogens with one attached hydrogen (secondary N) is 1. The van der Waals surface area contributed by atoms with E-state index in [1.807, 2.05) is 60.7 Å². The molecule has 0 aliphatic heterocycles. The summed E-state index contributed by atoms with van der Waals surface area (Å²) in [5, 5.41) is 3.06. The topological polar surface area (TPSA) is 96.0 Å². The summed E-state index contributed by atoms with van der Waals surface area (Å²) in [6, 6.07) is 30.1. The van der Waals surface area contributed by atoms with Crippen LogP contribution in [0.5, 0.6) is 5.75 Å². The summed E-state index contributed by atoms with van der Waals surface area (Å²) in [6.45, 7) is 1.59. The molecule has 4 rings (SSSR count). The molecule has 8 nitrogen and oxygen atoms in total. The summed E-state index contributed by atoms with van der Waals surface area (Å²) >= 11 is 6.05. The van der Waals surface area contributed by atoms with E-state index in [1.165, 1.54) is 36.2 Å². The van der Waals surface area contributed by atoms with Crippen molar-refractivity contribution in [3.05, 3.63) is 125 Å². The molecule has 10 heteroatoms. The van der Waals surface area contributed by atoms with E-state index >= 15 is 0 Å². The molecule has 0 spiro atoms. The zero-order chi connectivity index (χ0) is 30.8. The average Bonchev–Trinajstić information content (AvgIpc) is 3.02. The summed E-state index contributed by atoms with van der Waals surface area (Å²) < 4.78 is 35.1. The van der Waals surface area contributed by atoms with Crippen LogP contribution in [0, 0.1) is 0 Å². The number of rotatable bonds is 13. The van der Waals surface area contributed by atoms with E-state index in [0.29, 0.717) is 10.8 Å². The lowest BCUT2D eigenvalue weighted by atomic mass is 10.0. The molecule has 1 N–H and O–H groups in total. The molecule has 0 aliphatic carbocycles. The van der Waals surface area contributed by atoms with Gasteiger partial charge in [0.05, 0.1) is 17.2 Å². The Bertz CT molecular complexity index is 1620. The number of nitrogens with zero attached hydrogens (tertiary/aromatic N) is 2. The predicted molar refractivity (Wildman–Crippen MR) is 169 cm³/mol. The summed E-state index contributed by atoms with van der Waals surface area (Å²) in [5.74, 6) is -0.621. The first-order chi connectivity index (χ1) is 20.7. The molecule has 0 saturated heterocycles. The zero-order valence-electron chi connectivity index (χ0n) is 24.0. The van der Waals surface area contributed by atoms with Gasteiger partial charge in [-0.1, -0.05) is 84.4 Å². The van der Waals surface area contributed by atoms with E-state index in [-0.39, 0.29) is 36.1 Å². The highest BCUT2D eigenvalue weighted by molar-refractivity contribution is 7.92. The van der Waals surface area contributed by atoms with Gasteiger partial charge in [0.1, 0.15) is 18.3 Å². The van der Waals surface area contributed by atoms with Crippen LogP contribution >= 0.6 is 11.6 Å². The van der Waals surface area contributed by atoms with Crippen molar-refractivity contribution in [2.75, 3.05) is 24.5 Å². The maximum Gasteiger partial charge on any atom is 0.264 e. The van der Waals surface area contributed by atoms with Crippen molar-refractivity contribution in [2.24, 2.45) is 0 Å². The minimum absolute atomic E-state index is 0.0438. The number of carbonyl (C=O) groups is 2. The summed E-state index contributed by atoms with van der Waals surface area (Å²) in [4.78, 5) is 29.1. The molecule has 0 heterocycles. The third-order valence-corrected chi connectivity index (χ3v) is 8.85. The second-order valence-corrected chi connectivity index (χ2v) is 12.0. The maximum absolute atomic E-state index is 14.4. The average molecular weight is 620 g/mol. The van der Waals surface area contributed by atoms with Crippen LogP contribution in [-0.4, -0.2) is 51.4 Å². The Hall–Kier alpha value is -4.34. The number of amides is 2. The lowest BCUT2D eigenvalue weighted by Crippen LogP contribution is -2.53. The standard InChI is InChI=1S/C33H34ClN3O5S/c1-3-42-31-17-11-10-16-29(31)37(43(40,41)28-20-18-27(34)19-21-28)24-32(38)36(23-26-14-8-5-9-15-26)30(33(39)35-2)22-25-12-6-4-7-13-25/h4-21,30H,3,22-24H2,1-2H3,(H,35,39). The molecular formula is C33H34ClN3O5S. The van der Waals surface area contributed by atoms with Crippen LogP contribution in [0.4, 0.5) is 5.69 Å². The van der Waals surface area contributed by atoms with Crippen LogP contribution in [0.1, 0.15) is 18.1 Å². The fourth-order valence-electron chi connectivity index (χ4n) is 4.69. The molecule has 0 aliphatic rings. The number of para-hydroxylation sites is 2. The molecule has 4 aromatic carbocycles. The third-order valence-electron chi connectivity index (χ3n) is 6.83. The van der Waals surface area contributed by atoms with E-state index in [9.17, 15) is 18.0 Å². The molecule has 0 saturated carbocycles. The normalized spacial score (nSPS) is 11.8. The lowest BCUT2D eigenvalue weighted by molar-refractivity contribution is -0.139. The first-order valence-electron chi connectivity index (χ1n) is 13.8. The number of sulfonamides is 1. The highest BCUT2D eigenvalue weighted by atomic mass is 35.5. The van der Waals surface area contributed by atoms with Crippen molar-refractivity contribution < 1.29 is 22.7 Å². The van der Waals surface area contributed by atoms with Gasteiger partial charge in [0.15, 0.2) is 0 Å². The highest BCUT2D eigenvalue weighted by Crippen LogP contribution is 2.33. The van der Waals surface area contributed by atoms with Gasteiger partial charge in [-0.25, -0.2) is 8.42 Å². The Morgan fingerprint density at radius 1 is 0.837 bits per heavy atom. The molecule has 1 atom stereocenters. The summed E-state index contributed by atoms with van der Waals surface area (Å²) in [5.41, 5.74) is 1.85. The van der Waals surface area contributed by atoms with Gasteiger partial charge in [0, 0.05) is 25.0 Å². The minimum Gasteiger partial charge on any atom is -0.492 e.